The number of anilines is 1. The highest BCUT2D eigenvalue weighted by molar-refractivity contribution is 5.99. The molecule has 128 valence electrons. The molecule has 0 bridgehead atoms. The van der Waals surface area contributed by atoms with Crippen LogP contribution in [-0.2, 0) is 10.2 Å². The Morgan fingerprint density at radius 2 is 1.83 bits per heavy atom. The first-order valence-corrected chi connectivity index (χ1v) is 7.91. The van der Waals surface area contributed by atoms with Gasteiger partial charge in [-0.3, -0.25) is 9.59 Å². The lowest BCUT2D eigenvalue weighted by atomic mass is 9.86. The molecule has 0 saturated carbocycles. The fourth-order valence-corrected chi connectivity index (χ4v) is 2.26. The average Bonchev–Trinajstić information content (AvgIpc) is 3.04. The molecule has 0 aliphatic heterocycles. The minimum absolute atomic E-state index is 0.0313. The van der Waals surface area contributed by atoms with Gasteiger partial charge in [-0.15, -0.1) is 0 Å². The van der Waals surface area contributed by atoms with Crippen LogP contribution in [0.3, 0.4) is 0 Å². The van der Waals surface area contributed by atoms with Gasteiger partial charge in [0, 0.05) is 18.2 Å². The van der Waals surface area contributed by atoms with Crippen molar-refractivity contribution in [1.29, 1.82) is 0 Å². The van der Waals surface area contributed by atoms with Crippen LogP contribution in [0.15, 0.2) is 41.1 Å². The van der Waals surface area contributed by atoms with Crippen molar-refractivity contribution in [1.82, 2.24) is 10.1 Å². The van der Waals surface area contributed by atoms with Crippen molar-refractivity contribution in [3.05, 3.63) is 47.7 Å². The second-order valence-corrected chi connectivity index (χ2v) is 6.58. The molecule has 0 fully saturated rings. The van der Waals surface area contributed by atoms with Gasteiger partial charge in [-0.1, -0.05) is 38.1 Å². The normalized spacial score (nSPS) is 11.2. The number of hydrogen-bond donors (Lipinski definition) is 1. The number of carbonyl (C=O) groups excluding carboxylic acids is 2. The fraction of sp³-hybridized carbons (Fsp3) is 0.389. The van der Waals surface area contributed by atoms with Crippen LogP contribution in [0.4, 0.5) is 5.82 Å². The number of nitrogens with zero attached hydrogens (tertiary/aromatic N) is 2. The summed E-state index contributed by atoms with van der Waals surface area (Å²) in [5.41, 5.74) is 1.76. The van der Waals surface area contributed by atoms with Crippen LogP contribution < -0.4 is 5.32 Å². The highest BCUT2D eigenvalue weighted by Crippen LogP contribution is 2.22. The summed E-state index contributed by atoms with van der Waals surface area (Å²) < 4.78 is 4.66. The van der Waals surface area contributed by atoms with Crippen molar-refractivity contribution in [3.63, 3.8) is 0 Å². The van der Waals surface area contributed by atoms with Gasteiger partial charge < -0.3 is 14.7 Å². The summed E-state index contributed by atoms with van der Waals surface area (Å²) in [5.74, 6) is -0.156. The van der Waals surface area contributed by atoms with E-state index in [0.29, 0.717) is 17.9 Å². The lowest BCUT2D eigenvalue weighted by Gasteiger charge is -2.22. The van der Waals surface area contributed by atoms with E-state index in [2.05, 4.69) is 35.8 Å². The van der Waals surface area contributed by atoms with E-state index in [1.165, 1.54) is 11.2 Å². The Bertz CT molecular complexity index is 685. The van der Waals surface area contributed by atoms with Crippen LogP contribution in [-0.4, -0.2) is 35.0 Å². The Morgan fingerprint density at radius 3 is 2.33 bits per heavy atom. The van der Waals surface area contributed by atoms with Gasteiger partial charge in [-0.05, 0) is 30.0 Å². The maximum atomic E-state index is 12.6. The topological polar surface area (TPSA) is 75.4 Å². The SMILES string of the molecule is CCN(CC(=O)Nc1ccon1)C(=O)c1ccc(C(C)(C)C)cc1. The first-order chi connectivity index (χ1) is 11.3. The van der Waals surface area contributed by atoms with E-state index in [0.717, 1.165) is 5.56 Å². The van der Waals surface area contributed by atoms with E-state index in [1.54, 1.807) is 18.2 Å². The molecule has 0 unspecified atom stereocenters. The van der Waals surface area contributed by atoms with Crippen LogP contribution in [0.2, 0.25) is 0 Å². The number of nitrogens with one attached hydrogen (secondary N) is 1. The van der Waals surface area contributed by atoms with Crippen molar-refractivity contribution >= 4 is 17.6 Å². The zero-order chi connectivity index (χ0) is 17.7. The Labute approximate surface area is 141 Å². The molecule has 6 heteroatoms. The Morgan fingerprint density at radius 1 is 1.17 bits per heavy atom. The van der Waals surface area contributed by atoms with Gasteiger partial charge in [0.1, 0.15) is 12.8 Å². The molecular formula is C18H23N3O3. The number of amides is 2. The summed E-state index contributed by atoms with van der Waals surface area (Å²) >= 11 is 0. The molecule has 0 atom stereocenters. The van der Waals surface area contributed by atoms with Gasteiger partial charge in [0.25, 0.3) is 5.91 Å². The largest absolute Gasteiger partial charge is 0.363 e. The molecular weight excluding hydrogens is 306 g/mol. The predicted octanol–water partition coefficient (Wildman–Crippen LogP) is 3.07. The monoisotopic (exact) mass is 329 g/mol. The fourth-order valence-electron chi connectivity index (χ4n) is 2.26. The van der Waals surface area contributed by atoms with Crippen LogP contribution in [0.5, 0.6) is 0 Å². The second kappa shape index (κ2) is 7.29. The van der Waals surface area contributed by atoms with Gasteiger partial charge in [-0.2, -0.15) is 0 Å². The Kier molecular flexibility index (Phi) is 5.39. The minimum Gasteiger partial charge on any atom is -0.363 e. The predicted molar refractivity (Wildman–Crippen MR) is 91.9 cm³/mol. The van der Waals surface area contributed by atoms with E-state index < -0.39 is 0 Å². The quantitative estimate of drug-likeness (QED) is 0.914. The summed E-state index contributed by atoms with van der Waals surface area (Å²) in [7, 11) is 0. The summed E-state index contributed by atoms with van der Waals surface area (Å²) in [4.78, 5) is 26.1. The number of hydrogen-bond acceptors (Lipinski definition) is 4. The number of rotatable bonds is 5. The van der Waals surface area contributed by atoms with E-state index in [-0.39, 0.29) is 23.8 Å². The number of aromatic nitrogens is 1. The van der Waals surface area contributed by atoms with E-state index in [4.69, 9.17) is 0 Å². The molecule has 1 aromatic heterocycles. The standard InChI is InChI=1S/C18H23N3O3/c1-5-21(12-16(22)19-15-10-11-24-20-15)17(23)13-6-8-14(9-7-13)18(2,3)4/h6-11H,5,12H2,1-4H3,(H,19,20,22). The third-order valence-electron chi connectivity index (χ3n) is 3.71. The smallest absolute Gasteiger partial charge is 0.254 e. The van der Waals surface area contributed by atoms with Crippen LogP contribution >= 0.6 is 0 Å². The van der Waals surface area contributed by atoms with Gasteiger partial charge in [0.2, 0.25) is 5.91 Å². The molecule has 2 aromatic rings. The van der Waals surface area contributed by atoms with Crippen LogP contribution in [0.25, 0.3) is 0 Å². The highest BCUT2D eigenvalue weighted by atomic mass is 16.5. The van der Waals surface area contributed by atoms with Crippen molar-refractivity contribution in [2.24, 2.45) is 0 Å². The molecule has 0 saturated heterocycles. The zero-order valence-electron chi connectivity index (χ0n) is 14.5. The summed E-state index contributed by atoms with van der Waals surface area (Å²) in [6.45, 7) is 8.60. The van der Waals surface area contributed by atoms with Crippen molar-refractivity contribution in [3.8, 4) is 0 Å². The third-order valence-corrected chi connectivity index (χ3v) is 3.71. The maximum absolute atomic E-state index is 12.6. The van der Waals surface area contributed by atoms with Gasteiger partial charge in [0.15, 0.2) is 5.82 Å². The highest BCUT2D eigenvalue weighted by Gasteiger charge is 2.19. The Hall–Kier alpha value is -2.63. The molecule has 0 radical (unpaired) electrons. The second-order valence-electron chi connectivity index (χ2n) is 6.58. The molecule has 1 aromatic carbocycles. The maximum Gasteiger partial charge on any atom is 0.254 e. The average molecular weight is 329 g/mol. The molecule has 1 heterocycles. The van der Waals surface area contributed by atoms with Crippen molar-refractivity contribution < 1.29 is 14.1 Å². The van der Waals surface area contributed by atoms with Crippen LogP contribution in [0, 0.1) is 0 Å². The van der Waals surface area contributed by atoms with E-state index in [9.17, 15) is 9.59 Å². The van der Waals surface area contributed by atoms with E-state index in [1.807, 2.05) is 19.1 Å². The van der Waals surface area contributed by atoms with E-state index >= 15 is 0 Å². The van der Waals surface area contributed by atoms with Crippen LogP contribution in [0.1, 0.15) is 43.6 Å². The number of likely N-dealkylation sites (N-methyl/N-ethyl adjacent to an activating group) is 1. The van der Waals surface area contributed by atoms with Crippen molar-refractivity contribution in [2.75, 3.05) is 18.4 Å². The summed E-state index contributed by atoms with van der Waals surface area (Å²) in [6.07, 6.45) is 1.37. The lowest BCUT2D eigenvalue weighted by Crippen LogP contribution is -2.37. The van der Waals surface area contributed by atoms with Gasteiger partial charge in [0.05, 0.1) is 0 Å². The molecule has 0 aliphatic rings. The lowest BCUT2D eigenvalue weighted by molar-refractivity contribution is -0.116. The Balaban J connectivity index is 2.04. The molecule has 24 heavy (non-hydrogen) atoms. The molecule has 2 rings (SSSR count). The van der Waals surface area contributed by atoms with Gasteiger partial charge in [-0.25, -0.2) is 0 Å². The summed E-state index contributed by atoms with van der Waals surface area (Å²) in [5, 5.41) is 6.20. The molecule has 6 nitrogen and oxygen atoms in total. The molecule has 0 spiro atoms. The van der Waals surface area contributed by atoms with Gasteiger partial charge >= 0.3 is 0 Å². The molecule has 2 amide bonds. The number of carbonyl (C=O) groups is 2. The number of benzene rings is 1. The minimum atomic E-state index is -0.314. The first-order valence-electron chi connectivity index (χ1n) is 7.91. The zero-order valence-corrected chi connectivity index (χ0v) is 14.5. The van der Waals surface area contributed by atoms with Crippen molar-refractivity contribution in [2.45, 2.75) is 33.1 Å². The summed E-state index contributed by atoms with van der Waals surface area (Å²) in [6, 6.07) is 9.07. The molecule has 0 aliphatic carbocycles. The first kappa shape index (κ1) is 17.7. The molecule has 1 N–H and O–H groups in total. The third kappa shape index (κ3) is 4.44.